The molecule has 0 radical (unpaired) electrons. The van der Waals surface area contributed by atoms with Crippen LogP contribution in [0.2, 0.25) is 0 Å². The number of carbonyl (C=O) groups is 1. The molecule has 2 saturated heterocycles. The summed E-state index contributed by atoms with van der Waals surface area (Å²) < 4.78 is 11.9. The first-order valence-electron chi connectivity index (χ1n) is 7.62. The number of hydrogen-bond acceptors (Lipinski definition) is 6. The van der Waals surface area contributed by atoms with E-state index in [9.17, 15) is 4.79 Å². The van der Waals surface area contributed by atoms with Crippen LogP contribution in [-0.2, 0) is 4.74 Å². The number of rotatable bonds is 3. The molecule has 4 rings (SSSR count). The Labute approximate surface area is 138 Å². The van der Waals surface area contributed by atoms with Crippen molar-refractivity contribution in [2.24, 2.45) is 0 Å². The maximum atomic E-state index is 12.3. The lowest BCUT2D eigenvalue weighted by Crippen LogP contribution is -2.67. The highest BCUT2D eigenvalue weighted by Crippen LogP contribution is 2.36. The Morgan fingerprint density at radius 2 is 2.35 bits per heavy atom. The summed E-state index contributed by atoms with van der Waals surface area (Å²) in [4.78, 5) is 22.3. The van der Waals surface area contributed by atoms with Gasteiger partial charge >= 0.3 is 0 Å². The fourth-order valence-electron chi connectivity index (χ4n) is 3.18. The Morgan fingerprint density at radius 3 is 3.09 bits per heavy atom. The summed E-state index contributed by atoms with van der Waals surface area (Å²) in [6.07, 6.45) is 6.52. The van der Waals surface area contributed by atoms with Crippen molar-refractivity contribution in [3.8, 4) is 5.88 Å². The van der Waals surface area contributed by atoms with Crippen molar-refractivity contribution in [2.45, 2.75) is 24.5 Å². The first kappa shape index (κ1) is 14.6. The third-order valence-corrected chi connectivity index (χ3v) is 4.97. The van der Waals surface area contributed by atoms with Gasteiger partial charge in [0.2, 0.25) is 5.88 Å². The van der Waals surface area contributed by atoms with Crippen LogP contribution < -0.4 is 4.74 Å². The maximum absolute atomic E-state index is 12.3. The first-order chi connectivity index (χ1) is 11.2. The number of carbonyl (C=O) groups excluding carboxylic acids is 1. The summed E-state index contributed by atoms with van der Waals surface area (Å²) in [6.45, 7) is 1.90. The molecule has 2 aromatic rings. The van der Waals surface area contributed by atoms with Crippen molar-refractivity contribution >= 4 is 17.2 Å². The normalized spacial score (nSPS) is 22.6. The zero-order chi connectivity index (χ0) is 15.7. The Kier molecular flexibility index (Phi) is 3.74. The van der Waals surface area contributed by atoms with Crippen LogP contribution in [0.3, 0.4) is 0 Å². The van der Waals surface area contributed by atoms with Gasteiger partial charge in [-0.3, -0.25) is 9.78 Å². The second-order valence-corrected chi connectivity index (χ2v) is 6.76. The smallest absolute Gasteiger partial charge is 0.254 e. The summed E-state index contributed by atoms with van der Waals surface area (Å²) in [5.41, 5.74) is 0.490. The number of hydrogen-bond donors (Lipinski definition) is 0. The van der Waals surface area contributed by atoms with Crippen LogP contribution >= 0.6 is 11.3 Å². The molecule has 0 N–H and O–H groups in total. The standard InChI is InChI=1S/C16H17N3O3S/c20-15(12-2-6-23-9-12)19-10-16(11-19)7-13(1-5-21-16)22-14-8-17-3-4-18-14/h2-4,6,8-9,13H,1,5,7,10-11H2. The molecule has 1 spiro atoms. The molecule has 0 saturated carbocycles. The molecule has 0 aliphatic carbocycles. The molecule has 2 aliphatic rings. The zero-order valence-electron chi connectivity index (χ0n) is 12.6. The minimum atomic E-state index is -0.267. The molecule has 2 aromatic heterocycles. The van der Waals surface area contributed by atoms with E-state index in [1.807, 2.05) is 21.7 Å². The van der Waals surface area contributed by atoms with E-state index in [0.717, 1.165) is 18.4 Å². The van der Waals surface area contributed by atoms with Gasteiger partial charge in [0.15, 0.2) is 0 Å². The van der Waals surface area contributed by atoms with Gasteiger partial charge < -0.3 is 14.4 Å². The number of nitrogens with zero attached hydrogens (tertiary/aromatic N) is 3. The van der Waals surface area contributed by atoms with E-state index in [4.69, 9.17) is 9.47 Å². The van der Waals surface area contributed by atoms with Crippen molar-refractivity contribution in [2.75, 3.05) is 19.7 Å². The molecule has 7 heteroatoms. The fourth-order valence-corrected chi connectivity index (χ4v) is 3.81. The van der Waals surface area contributed by atoms with E-state index < -0.39 is 0 Å². The number of likely N-dealkylation sites (tertiary alicyclic amines) is 1. The quantitative estimate of drug-likeness (QED) is 0.860. The molecular weight excluding hydrogens is 314 g/mol. The van der Waals surface area contributed by atoms with Gasteiger partial charge in [-0.1, -0.05) is 0 Å². The SMILES string of the molecule is O=C(c1ccsc1)N1CC2(CC(Oc3cnccn3)CCO2)C1. The Morgan fingerprint density at radius 1 is 1.43 bits per heavy atom. The average molecular weight is 331 g/mol. The van der Waals surface area contributed by atoms with Crippen molar-refractivity contribution in [1.82, 2.24) is 14.9 Å². The van der Waals surface area contributed by atoms with Gasteiger partial charge in [0, 0.05) is 30.6 Å². The Bertz CT molecular complexity index is 671. The molecule has 23 heavy (non-hydrogen) atoms. The minimum Gasteiger partial charge on any atom is -0.473 e. The zero-order valence-corrected chi connectivity index (χ0v) is 13.4. The second-order valence-electron chi connectivity index (χ2n) is 5.98. The summed E-state index contributed by atoms with van der Waals surface area (Å²) in [5, 5.41) is 3.81. The molecule has 1 amide bonds. The highest BCUT2D eigenvalue weighted by Gasteiger charge is 2.50. The topological polar surface area (TPSA) is 64.6 Å². The Hall–Kier alpha value is -1.99. The maximum Gasteiger partial charge on any atom is 0.254 e. The van der Waals surface area contributed by atoms with Crippen LogP contribution in [-0.4, -0.2) is 52.2 Å². The average Bonchev–Trinajstić information content (AvgIpc) is 3.07. The van der Waals surface area contributed by atoms with Gasteiger partial charge in [0.1, 0.15) is 11.7 Å². The molecule has 4 heterocycles. The predicted molar refractivity (Wildman–Crippen MR) is 84.6 cm³/mol. The number of aromatic nitrogens is 2. The molecule has 6 nitrogen and oxygen atoms in total. The van der Waals surface area contributed by atoms with Gasteiger partial charge in [-0.2, -0.15) is 11.3 Å². The molecule has 1 atom stereocenters. The summed E-state index contributed by atoms with van der Waals surface area (Å²) in [7, 11) is 0. The number of amides is 1. The van der Waals surface area contributed by atoms with E-state index in [2.05, 4.69) is 9.97 Å². The van der Waals surface area contributed by atoms with Crippen molar-refractivity contribution in [3.63, 3.8) is 0 Å². The van der Waals surface area contributed by atoms with Crippen LogP contribution in [0, 0.1) is 0 Å². The summed E-state index contributed by atoms with van der Waals surface area (Å²) in [5.74, 6) is 0.623. The summed E-state index contributed by atoms with van der Waals surface area (Å²) >= 11 is 1.54. The molecule has 0 bridgehead atoms. The van der Waals surface area contributed by atoms with Gasteiger partial charge in [-0.25, -0.2) is 4.98 Å². The molecule has 2 fully saturated rings. The predicted octanol–water partition coefficient (Wildman–Crippen LogP) is 1.99. The van der Waals surface area contributed by atoms with Gasteiger partial charge in [-0.15, -0.1) is 0 Å². The van der Waals surface area contributed by atoms with Crippen LogP contribution in [0.15, 0.2) is 35.4 Å². The first-order valence-corrected chi connectivity index (χ1v) is 8.57. The number of thiophene rings is 1. The van der Waals surface area contributed by atoms with E-state index in [1.165, 1.54) is 11.3 Å². The molecular formula is C16H17N3O3S. The summed E-state index contributed by atoms with van der Waals surface area (Å²) in [6, 6.07) is 1.86. The lowest BCUT2D eigenvalue weighted by Gasteiger charge is -2.52. The third kappa shape index (κ3) is 2.94. The van der Waals surface area contributed by atoms with Crippen LogP contribution in [0.25, 0.3) is 0 Å². The largest absolute Gasteiger partial charge is 0.473 e. The van der Waals surface area contributed by atoms with E-state index >= 15 is 0 Å². The Balaban J connectivity index is 1.36. The van der Waals surface area contributed by atoms with Gasteiger partial charge in [0.05, 0.1) is 31.5 Å². The van der Waals surface area contributed by atoms with Crippen molar-refractivity contribution in [1.29, 1.82) is 0 Å². The van der Waals surface area contributed by atoms with Crippen molar-refractivity contribution < 1.29 is 14.3 Å². The highest BCUT2D eigenvalue weighted by atomic mass is 32.1. The van der Waals surface area contributed by atoms with Crippen LogP contribution in [0.5, 0.6) is 5.88 Å². The van der Waals surface area contributed by atoms with Crippen LogP contribution in [0.4, 0.5) is 0 Å². The monoisotopic (exact) mass is 331 g/mol. The lowest BCUT2D eigenvalue weighted by atomic mass is 9.84. The van der Waals surface area contributed by atoms with E-state index in [1.54, 1.807) is 18.6 Å². The van der Waals surface area contributed by atoms with Crippen LogP contribution in [0.1, 0.15) is 23.2 Å². The second kappa shape index (κ2) is 5.90. The molecule has 0 aromatic carbocycles. The minimum absolute atomic E-state index is 0.0545. The third-order valence-electron chi connectivity index (χ3n) is 4.29. The molecule has 120 valence electrons. The molecule has 1 unspecified atom stereocenters. The van der Waals surface area contributed by atoms with Crippen molar-refractivity contribution in [3.05, 3.63) is 41.0 Å². The van der Waals surface area contributed by atoms with E-state index in [0.29, 0.717) is 25.6 Å². The lowest BCUT2D eigenvalue weighted by molar-refractivity contribution is -0.174. The fraction of sp³-hybridized carbons (Fsp3) is 0.438. The van der Waals surface area contributed by atoms with Gasteiger partial charge in [0.25, 0.3) is 5.91 Å². The highest BCUT2D eigenvalue weighted by molar-refractivity contribution is 7.08. The molecule has 2 aliphatic heterocycles. The number of ether oxygens (including phenoxy) is 2. The van der Waals surface area contributed by atoms with E-state index in [-0.39, 0.29) is 17.6 Å². The van der Waals surface area contributed by atoms with Gasteiger partial charge in [-0.05, 0) is 11.4 Å².